The van der Waals surface area contributed by atoms with Crippen LogP contribution in [0.1, 0.15) is 24.8 Å². The number of pyridine rings is 1. The number of H-pyrrole nitrogens is 1. The molecule has 3 amide bonds. The van der Waals surface area contributed by atoms with Crippen LogP contribution in [-0.4, -0.2) is 40.5 Å². The lowest BCUT2D eigenvalue weighted by Crippen LogP contribution is -2.44. The maximum atomic E-state index is 12.8. The van der Waals surface area contributed by atoms with Gasteiger partial charge < -0.3 is 20.5 Å². The molecule has 2 aromatic rings. The molecule has 2 fully saturated rings. The molecule has 0 spiro atoms. The first kappa shape index (κ1) is 15.7. The number of benzene rings is 1. The zero-order valence-electron chi connectivity index (χ0n) is 14.0. The number of rotatable bonds is 1. The predicted octanol–water partition coefficient (Wildman–Crippen LogP) is 1.72. The Morgan fingerprint density at radius 2 is 2.00 bits per heavy atom. The highest BCUT2D eigenvalue weighted by Crippen LogP contribution is 2.29. The molecule has 0 radical (unpaired) electrons. The average Bonchev–Trinajstić information content (AvgIpc) is 2.86. The molecule has 2 atom stereocenters. The van der Waals surface area contributed by atoms with E-state index in [1.54, 1.807) is 17.0 Å². The van der Waals surface area contributed by atoms with E-state index in [1.807, 2.05) is 19.1 Å². The second-order valence-electron chi connectivity index (χ2n) is 6.81. The van der Waals surface area contributed by atoms with Crippen LogP contribution in [-0.2, 0) is 4.79 Å². The number of nitrogens with one attached hydrogen (secondary N) is 3. The number of hydrogen-bond donors (Lipinski definition) is 3. The quantitative estimate of drug-likeness (QED) is 0.738. The summed E-state index contributed by atoms with van der Waals surface area (Å²) >= 11 is 0. The first-order chi connectivity index (χ1) is 12.0. The maximum absolute atomic E-state index is 12.8. The maximum Gasteiger partial charge on any atom is 0.322 e. The average molecular weight is 340 g/mol. The number of fused-ring (bicyclic) bond motifs is 3. The van der Waals surface area contributed by atoms with Crippen molar-refractivity contribution in [2.45, 2.75) is 38.3 Å². The third-order valence-electron chi connectivity index (χ3n) is 5.11. The Labute approximate surface area is 144 Å². The first-order valence-corrected chi connectivity index (χ1v) is 8.51. The van der Waals surface area contributed by atoms with Crippen LogP contribution in [0, 0.1) is 6.92 Å². The van der Waals surface area contributed by atoms with E-state index in [1.165, 1.54) is 0 Å². The van der Waals surface area contributed by atoms with Crippen molar-refractivity contribution in [2.75, 3.05) is 11.9 Å². The number of aromatic amines is 1. The molecule has 0 unspecified atom stereocenters. The Morgan fingerprint density at radius 3 is 2.84 bits per heavy atom. The predicted molar refractivity (Wildman–Crippen MR) is 94.6 cm³/mol. The Hall–Kier alpha value is -2.83. The molecule has 3 heterocycles. The molecule has 0 saturated carbocycles. The number of aromatic nitrogens is 1. The van der Waals surface area contributed by atoms with E-state index in [0.717, 1.165) is 23.8 Å². The lowest BCUT2D eigenvalue weighted by Gasteiger charge is -2.27. The Bertz CT molecular complexity index is 920. The van der Waals surface area contributed by atoms with Crippen LogP contribution < -0.4 is 16.2 Å². The largest absolute Gasteiger partial charge is 0.354 e. The number of amides is 3. The molecule has 130 valence electrons. The zero-order chi connectivity index (χ0) is 17.6. The summed E-state index contributed by atoms with van der Waals surface area (Å²) in [6, 6.07) is 6.84. The summed E-state index contributed by atoms with van der Waals surface area (Å²) in [5, 5.41) is 6.72. The molecule has 2 aliphatic heterocycles. The van der Waals surface area contributed by atoms with E-state index in [2.05, 4.69) is 15.6 Å². The number of aryl methyl sites for hydroxylation is 1. The number of nitrogens with zero attached hydrogens (tertiary/aromatic N) is 1. The van der Waals surface area contributed by atoms with Gasteiger partial charge in [-0.15, -0.1) is 0 Å². The fourth-order valence-electron chi connectivity index (χ4n) is 3.91. The Kier molecular flexibility index (Phi) is 3.71. The molecular formula is C18H20N4O3. The Morgan fingerprint density at radius 1 is 1.20 bits per heavy atom. The highest BCUT2D eigenvalue weighted by Gasteiger charge is 2.40. The molecule has 3 N–H and O–H groups in total. The number of anilines is 1. The van der Waals surface area contributed by atoms with Gasteiger partial charge in [-0.1, -0.05) is 6.07 Å². The smallest absolute Gasteiger partial charge is 0.322 e. The van der Waals surface area contributed by atoms with Gasteiger partial charge in [0.15, 0.2) is 0 Å². The van der Waals surface area contributed by atoms with Crippen LogP contribution in [0.3, 0.4) is 0 Å². The van der Waals surface area contributed by atoms with E-state index >= 15 is 0 Å². The fraction of sp³-hybridized carbons (Fsp3) is 0.389. The number of carbonyl (C=O) groups is 2. The van der Waals surface area contributed by atoms with Crippen molar-refractivity contribution in [1.29, 1.82) is 0 Å². The number of hydrogen-bond acceptors (Lipinski definition) is 3. The summed E-state index contributed by atoms with van der Waals surface area (Å²) in [5.41, 5.74) is 2.05. The second-order valence-corrected chi connectivity index (χ2v) is 6.81. The van der Waals surface area contributed by atoms with Gasteiger partial charge in [-0.2, -0.15) is 0 Å². The van der Waals surface area contributed by atoms with E-state index < -0.39 is 0 Å². The van der Waals surface area contributed by atoms with Gasteiger partial charge in [0.1, 0.15) is 0 Å². The van der Waals surface area contributed by atoms with Gasteiger partial charge in [0.05, 0.1) is 11.6 Å². The van der Waals surface area contributed by atoms with Crippen LogP contribution in [0.25, 0.3) is 10.9 Å². The van der Waals surface area contributed by atoms with Crippen molar-refractivity contribution in [3.63, 3.8) is 0 Å². The van der Waals surface area contributed by atoms with Crippen LogP contribution in [0.15, 0.2) is 29.1 Å². The van der Waals surface area contributed by atoms with Gasteiger partial charge in [0, 0.05) is 36.1 Å². The van der Waals surface area contributed by atoms with Gasteiger partial charge in [-0.3, -0.25) is 9.59 Å². The topological polar surface area (TPSA) is 94.3 Å². The fourth-order valence-corrected chi connectivity index (χ4v) is 3.91. The van der Waals surface area contributed by atoms with Crippen LogP contribution in [0.4, 0.5) is 10.5 Å². The standard InChI is InChI=1S/C18H20N4O3/c1-10-6-17(24)21-15-7-11(2-5-14(10)15)20-18(25)22-12-3-4-13(22)9-19-16(23)8-12/h2,5-7,12-13H,3-4,8-9H2,1H3,(H,19,23)(H,20,25)(H,21,24)/t12-,13+/m1/s1. The third kappa shape index (κ3) is 2.86. The van der Waals surface area contributed by atoms with Crippen LogP contribution >= 0.6 is 0 Å². The summed E-state index contributed by atoms with van der Waals surface area (Å²) < 4.78 is 0. The number of carbonyl (C=O) groups excluding carboxylic acids is 2. The Balaban J connectivity index is 1.59. The highest BCUT2D eigenvalue weighted by molar-refractivity contribution is 5.94. The van der Waals surface area contributed by atoms with Crippen LogP contribution in [0.2, 0.25) is 0 Å². The first-order valence-electron chi connectivity index (χ1n) is 8.51. The summed E-state index contributed by atoms with van der Waals surface area (Å²) in [6.45, 7) is 2.39. The molecular weight excluding hydrogens is 320 g/mol. The minimum atomic E-state index is -0.196. The molecule has 2 bridgehead atoms. The van der Waals surface area contributed by atoms with Crippen molar-refractivity contribution < 1.29 is 9.59 Å². The lowest BCUT2D eigenvalue weighted by molar-refractivity contribution is -0.121. The number of urea groups is 1. The molecule has 2 aliphatic rings. The minimum Gasteiger partial charge on any atom is -0.354 e. The van der Waals surface area contributed by atoms with Gasteiger partial charge in [0.25, 0.3) is 0 Å². The monoisotopic (exact) mass is 340 g/mol. The molecule has 7 nitrogen and oxygen atoms in total. The van der Waals surface area contributed by atoms with Gasteiger partial charge in [-0.25, -0.2) is 4.79 Å². The molecule has 1 aromatic heterocycles. The van der Waals surface area contributed by atoms with E-state index in [-0.39, 0.29) is 29.6 Å². The van der Waals surface area contributed by atoms with Crippen LogP contribution in [0.5, 0.6) is 0 Å². The van der Waals surface area contributed by atoms with Crippen molar-refractivity contribution >= 4 is 28.5 Å². The third-order valence-corrected chi connectivity index (χ3v) is 5.11. The van der Waals surface area contributed by atoms with Crippen molar-refractivity contribution in [2.24, 2.45) is 0 Å². The van der Waals surface area contributed by atoms with E-state index in [9.17, 15) is 14.4 Å². The minimum absolute atomic E-state index is 0.00348. The molecule has 0 aliphatic carbocycles. The van der Waals surface area contributed by atoms with Gasteiger partial charge >= 0.3 is 6.03 Å². The molecule has 7 heteroatoms. The zero-order valence-corrected chi connectivity index (χ0v) is 14.0. The van der Waals surface area contributed by atoms with Gasteiger partial charge in [-0.05, 0) is 37.5 Å². The molecule has 25 heavy (non-hydrogen) atoms. The summed E-state index contributed by atoms with van der Waals surface area (Å²) in [4.78, 5) is 40.7. The SMILES string of the molecule is Cc1cc(=O)[nH]c2cc(NC(=O)N3[C@@H]4CC[C@H]3CNC(=O)C4)ccc12. The lowest BCUT2D eigenvalue weighted by atomic mass is 10.1. The molecule has 1 aromatic carbocycles. The van der Waals surface area contributed by atoms with E-state index in [0.29, 0.717) is 24.2 Å². The van der Waals surface area contributed by atoms with Crippen molar-refractivity contribution in [1.82, 2.24) is 15.2 Å². The summed E-state index contributed by atoms with van der Waals surface area (Å²) in [7, 11) is 0. The molecule has 4 rings (SSSR count). The highest BCUT2D eigenvalue weighted by atomic mass is 16.2. The molecule has 2 saturated heterocycles. The van der Waals surface area contributed by atoms with E-state index in [4.69, 9.17) is 0 Å². The summed E-state index contributed by atoms with van der Waals surface area (Å²) in [5.74, 6) is 0.00348. The summed E-state index contributed by atoms with van der Waals surface area (Å²) in [6.07, 6.45) is 2.12. The normalized spacial score (nSPS) is 22.6. The van der Waals surface area contributed by atoms with Crippen molar-refractivity contribution in [3.05, 3.63) is 40.2 Å². The van der Waals surface area contributed by atoms with Gasteiger partial charge in [0.2, 0.25) is 11.5 Å². The second kappa shape index (κ2) is 5.91. The van der Waals surface area contributed by atoms with Crippen molar-refractivity contribution in [3.8, 4) is 0 Å².